The van der Waals surface area contributed by atoms with Crippen molar-refractivity contribution in [3.63, 3.8) is 0 Å². The molecule has 110 valence electrons. The highest BCUT2D eigenvalue weighted by Crippen LogP contribution is 2.28. The Morgan fingerprint density at radius 2 is 1.90 bits per heavy atom. The molecule has 0 aromatic heterocycles. The fourth-order valence-corrected chi connectivity index (χ4v) is 1.87. The van der Waals surface area contributed by atoms with Crippen LogP contribution in [0.4, 0.5) is 20.6 Å². The molecule has 0 aliphatic rings. The van der Waals surface area contributed by atoms with Crippen molar-refractivity contribution < 1.29 is 13.9 Å². The van der Waals surface area contributed by atoms with E-state index in [9.17, 15) is 9.18 Å². The second kappa shape index (κ2) is 6.71. The van der Waals surface area contributed by atoms with Crippen LogP contribution in [0.2, 0.25) is 0 Å². The first-order chi connectivity index (χ1) is 10.1. The van der Waals surface area contributed by atoms with Crippen LogP contribution in [0.25, 0.3) is 0 Å². The zero-order valence-corrected chi connectivity index (χ0v) is 11.5. The summed E-state index contributed by atoms with van der Waals surface area (Å²) in [6.07, 6.45) is 0. The summed E-state index contributed by atoms with van der Waals surface area (Å²) in [4.78, 5) is 12.0. The number of nitrogens with one attached hydrogen (secondary N) is 2. The number of hydrogen-bond acceptors (Lipinski definition) is 3. The minimum atomic E-state index is -0.458. The SMILES string of the molecule is COc1cccc(CN)c1NC(=O)Nc1ccc(F)cc1. The molecule has 2 aromatic rings. The molecular formula is C15H16FN3O2. The largest absolute Gasteiger partial charge is 0.495 e. The van der Waals surface area contributed by atoms with E-state index in [1.807, 2.05) is 0 Å². The average molecular weight is 289 g/mol. The maximum absolute atomic E-state index is 12.8. The molecule has 0 bridgehead atoms. The molecular weight excluding hydrogens is 273 g/mol. The summed E-state index contributed by atoms with van der Waals surface area (Å²) in [6, 6.07) is 10.4. The minimum absolute atomic E-state index is 0.267. The van der Waals surface area contributed by atoms with Gasteiger partial charge in [-0.15, -0.1) is 0 Å². The molecule has 2 amide bonds. The summed E-state index contributed by atoms with van der Waals surface area (Å²) in [7, 11) is 1.51. The maximum Gasteiger partial charge on any atom is 0.323 e. The predicted octanol–water partition coefficient (Wildman–Crippen LogP) is 2.94. The lowest BCUT2D eigenvalue weighted by atomic mass is 10.1. The third-order valence-electron chi connectivity index (χ3n) is 2.89. The fraction of sp³-hybridized carbons (Fsp3) is 0.133. The molecule has 2 aromatic carbocycles. The van der Waals surface area contributed by atoms with Crippen molar-refractivity contribution in [3.05, 3.63) is 53.8 Å². The van der Waals surface area contributed by atoms with Crippen molar-refractivity contribution in [3.8, 4) is 5.75 Å². The Morgan fingerprint density at radius 1 is 1.19 bits per heavy atom. The Balaban J connectivity index is 2.14. The normalized spacial score (nSPS) is 10.0. The number of carbonyl (C=O) groups is 1. The van der Waals surface area contributed by atoms with E-state index in [0.29, 0.717) is 17.1 Å². The molecule has 0 atom stereocenters. The standard InChI is InChI=1S/C15H16FN3O2/c1-21-13-4-2-3-10(9-17)14(13)19-15(20)18-12-7-5-11(16)6-8-12/h2-8H,9,17H2,1H3,(H2,18,19,20). The molecule has 0 fully saturated rings. The van der Waals surface area contributed by atoms with E-state index in [1.54, 1.807) is 18.2 Å². The first-order valence-electron chi connectivity index (χ1n) is 6.33. The molecule has 0 saturated heterocycles. The Morgan fingerprint density at radius 3 is 2.52 bits per heavy atom. The van der Waals surface area contributed by atoms with E-state index >= 15 is 0 Å². The molecule has 21 heavy (non-hydrogen) atoms. The van der Waals surface area contributed by atoms with Crippen molar-refractivity contribution in [1.29, 1.82) is 0 Å². The van der Waals surface area contributed by atoms with Crippen LogP contribution in [-0.2, 0) is 6.54 Å². The van der Waals surface area contributed by atoms with Crippen LogP contribution >= 0.6 is 0 Å². The molecule has 5 nitrogen and oxygen atoms in total. The van der Waals surface area contributed by atoms with Crippen LogP contribution in [-0.4, -0.2) is 13.1 Å². The molecule has 0 aliphatic heterocycles. The van der Waals surface area contributed by atoms with E-state index in [-0.39, 0.29) is 12.4 Å². The van der Waals surface area contributed by atoms with Gasteiger partial charge < -0.3 is 21.1 Å². The molecule has 0 radical (unpaired) electrons. The Labute approximate surface area is 121 Å². The minimum Gasteiger partial charge on any atom is -0.495 e. The zero-order chi connectivity index (χ0) is 15.2. The van der Waals surface area contributed by atoms with Crippen LogP contribution in [0.15, 0.2) is 42.5 Å². The molecule has 0 heterocycles. The van der Waals surface area contributed by atoms with Gasteiger partial charge >= 0.3 is 6.03 Å². The lowest BCUT2D eigenvalue weighted by molar-refractivity contribution is 0.262. The van der Waals surface area contributed by atoms with E-state index in [4.69, 9.17) is 10.5 Å². The summed E-state index contributed by atoms with van der Waals surface area (Å²) in [5.41, 5.74) is 7.40. The van der Waals surface area contributed by atoms with Crippen molar-refractivity contribution in [1.82, 2.24) is 0 Å². The highest BCUT2D eigenvalue weighted by atomic mass is 19.1. The van der Waals surface area contributed by atoms with Gasteiger partial charge in [-0.2, -0.15) is 0 Å². The molecule has 0 spiro atoms. The van der Waals surface area contributed by atoms with Gasteiger partial charge in [0.05, 0.1) is 12.8 Å². The topological polar surface area (TPSA) is 76.4 Å². The fourth-order valence-electron chi connectivity index (χ4n) is 1.87. The van der Waals surface area contributed by atoms with Gasteiger partial charge in [-0.1, -0.05) is 12.1 Å². The average Bonchev–Trinajstić information content (AvgIpc) is 2.49. The summed E-state index contributed by atoms with van der Waals surface area (Å²) >= 11 is 0. The highest BCUT2D eigenvalue weighted by Gasteiger charge is 2.11. The highest BCUT2D eigenvalue weighted by molar-refractivity contribution is 6.01. The van der Waals surface area contributed by atoms with Gasteiger partial charge in [0.15, 0.2) is 0 Å². The van der Waals surface area contributed by atoms with Crippen LogP contribution in [0.1, 0.15) is 5.56 Å². The number of ether oxygens (including phenoxy) is 1. The van der Waals surface area contributed by atoms with Gasteiger partial charge in [0.1, 0.15) is 11.6 Å². The van der Waals surface area contributed by atoms with Crippen molar-refractivity contribution in [2.24, 2.45) is 5.73 Å². The van der Waals surface area contributed by atoms with Crippen LogP contribution in [0.5, 0.6) is 5.75 Å². The number of nitrogens with two attached hydrogens (primary N) is 1. The van der Waals surface area contributed by atoms with Gasteiger partial charge in [-0.05, 0) is 35.9 Å². The van der Waals surface area contributed by atoms with Crippen LogP contribution in [0, 0.1) is 5.82 Å². The van der Waals surface area contributed by atoms with Gasteiger partial charge in [-0.25, -0.2) is 9.18 Å². The molecule has 6 heteroatoms. The Hall–Kier alpha value is -2.60. The van der Waals surface area contributed by atoms with Crippen molar-refractivity contribution in [2.75, 3.05) is 17.7 Å². The Kier molecular flexibility index (Phi) is 4.73. The first-order valence-corrected chi connectivity index (χ1v) is 6.33. The third kappa shape index (κ3) is 3.70. The predicted molar refractivity (Wildman–Crippen MR) is 79.9 cm³/mol. The number of halogens is 1. The third-order valence-corrected chi connectivity index (χ3v) is 2.89. The smallest absolute Gasteiger partial charge is 0.323 e. The zero-order valence-electron chi connectivity index (χ0n) is 11.5. The summed E-state index contributed by atoms with van der Waals surface area (Å²) in [6.45, 7) is 0.267. The van der Waals surface area contributed by atoms with Gasteiger partial charge in [0.2, 0.25) is 0 Å². The quantitative estimate of drug-likeness (QED) is 0.810. The second-order valence-electron chi connectivity index (χ2n) is 4.28. The number of hydrogen-bond donors (Lipinski definition) is 3. The van der Waals surface area contributed by atoms with Gasteiger partial charge in [0.25, 0.3) is 0 Å². The summed E-state index contributed by atoms with van der Waals surface area (Å²) < 4.78 is 18.0. The summed E-state index contributed by atoms with van der Waals surface area (Å²) in [5.74, 6) is 0.156. The summed E-state index contributed by atoms with van der Waals surface area (Å²) in [5, 5.41) is 5.30. The van der Waals surface area contributed by atoms with E-state index < -0.39 is 6.03 Å². The lowest BCUT2D eigenvalue weighted by Gasteiger charge is -2.14. The molecule has 4 N–H and O–H groups in total. The van der Waals surface area contributed by atoms with E-state index in [2.05, 4.69) is 10.6 Å². The van der Waals surface area contributed by atoms with Crippen molar-refractivity contribution in [2.45, 2.75) is 6.54 Å². The number of para-hydroxylation sites is 1. The number of methoxy groups -OCH3 is 1. The number of benzene rings is 2. The van der Waals surface area contributed by atoms with Crippen molar-refractivity contribution >= 4 is 17.4 Å². The number of carbonyl (C=O) groups excluding carboxylic acids is 1. The van der Waals surface area contributed by atoms with Gasteiger partial charge in [0, 0.05) is 12.2 Å². The number of amides is 2. The first kappa shape index (κ1) is 14.8. The van der Waals surface area contributed by atoms with E-state index in [0.717, 1.165) is 5.56 Å². The number of urea groups is 1. The lowest BCUT2D eigenvalue weighted by Crippen LogP contribution is -2.21. The second-order valence-corrected chi connectivity index (χ2v) is 4.28. The molecule has 2 rings (SSSR count). The Bertz CT molecular complexity index is 607. The van der Waals surface area contributed by atoms with Gasteiger partial charge in [-0.3, -0.25) is 0 Å². The van der Waals surface area contributed by atoms with E-state index in [1.165, 1.54) is 31.4 Å². The van der Waals surface area contributed by atoms with Crippen LogP contribution < -0.4 is 21.1 Å². The maximum atomic E-state index is 12.8. The molecule has 0 aliphatic carbocycles. The number of anilines is 2. The monoisotopic (exact) mass is 289 g/mol. The van der Waals surface area contributed by atoms with Crippen LogP contribution in [0.3, 0.4) is 0 Å². The molecule has 0 unspecified atom stereocenters. The molecule has 0 saturated carbocycles. The number of rotatable bonds is 4.